The first-order chi connectivity index (χ1) is 15.0. The van der Waals surface area contributed by atoms with Crippen LogP contribution in [-0.2, 0) is 4.79 Å². The summed E-state index contributed by atoms with van der Waals surface area (Å²) in [5.74, 6) is 0.219. The number of aromatic nitrogens is 3. The van der Waals surface area contributed by atoms with Crippen LogP contribution in [0.5, 0.6) is 5.75 Å². The number of benzene rings is 2. The highest BCUT2D eigenvalue weighted by Crippen LogP contribution is 2.27. The van der Waals surface area contributed by atoms with Gasteiger partial charge in [0.15, 0.2) is 0 Å². The molecule has 0 spiro atoms. The molecule has 0 aliphatic carbocycles. The van der Waals surface area contributed by atoms with Crippen molar-refractivity contribution in [2.75, 3.05) is 6.54 Å². The van der Waals surface area contributed by atoms with Crippen molar-refractivity contribution in [3.63, 3.8) is 0 Å². The zero-order valence-corrected chi connectivity index (χ0v) is 17.6. The lowest BCUT2D eigenvalue weighted by Gasteiger charge is -2.19. The van der Waals surface area contributed by atoms with Crippen LogP contribution in [-0.4, -0.2) is 38.3 Å². The fraction of sp³-hybridized carbons (Fsp3) is 0.304. The van der Waals surface area contributed by atoms with E-state index < -0.39 is 5.97 Å². The Morgan fingerprint density at radius 1 is 1.13 bits per heavy atom. The summed E-state index contributed by atoms with van der Waals surface area (Å²) >= 11 is 0. The van der Waals surface area contributed by atoms with E-state index in [1.807, 2.05) is 43.3 Å². The molecule has 0 radical (unpaired) electrons. The monoisotopic (exact) mass is 422 g/mol. The number of aryl methyl sites for hydroxylation is 1. The van der Waals surface area contributed by atoms with Gasteiger partial charge in [-0.25, -0.2) is 9.67 Å². The van der Waals surface area contributed by atoms with E-state index in [2.05, 4.69) is 22.3 Å². The zero-order valence-electron chi connectivity index (χ0n) is 17.6. The number of ether oxygens (including phenoxy) is 1. The second-order valence-corrected chi connectivity index (χ2v) is 7.15. The van der Waals surface area contributed by atoms with E-state index in [9.17, 15) is 9.59 Å². The summed E-state index contributed by atoms with van der Waals surface area (Å²) in [6.07, 6.45) is 3.19. The average Bonchev–Trinajstić information content (AvgIpc) is 3.20. The first-order valence-electron chi connectivity index (χ1n) is 10.2. The summed E-state index contributed by atoms with van der Waals surface area (Å²) in [7, 11) is 0. The molecule has 0 saturated heterocycles. The number of amides is 1. The van der Waals surface area contributed by atoms with Gasteiger partial charge >= 0.3 is 5.97 Å². The molecular weight excluding hydrogens is 396 g/mol. The Morgan fingerprint density at radius 2 is 1.84 bits per heavy atom. The Labute approximate surface area is 180 Å². The molecule has 162 valence electrons. The molecule has 0 saturated carbocycles. The molecule has 3 aromatic rings. The maximum atomic E-state index is 12.1. The van der Waals surface area contributed by atoms with Gasteiger partial charge < -0.3 is 15.2 Å². The maximum Gasteiger partial charge on any atom is 0.305 e. The molecular formula is C23H26N4O4. The van der Waals surface area contributed by atoms with E-state index >= 15 is 0 Å². The van der Waals surface area contributed by atoms with Crippen molar-refractivity contribution in [3.05, 3.63) is 71.8 Å². The van der Waals surface area contributed by atoms with Crippen LogP contribution >= 0.6 is 0 Å². The van der Waals surface area contributed by atoms with Crippen molar-refractivity contribution in [1.29, 1.82) is 0 Å². The largest absolute Gasteiger partial charge is 0.486 e. The molecule has 1 aromatic heterocycles. The summed E-state index contributed by atoms with van der Waals surface area (Å²) < 4.78 is 7.93. The summed E-state index contributed by atoms with van der Waals surface area (Å²) in [5.41, 5.74) is 2.36. The van der Waals surface area contributed by atoms with E-state index in [1.54, 1.807) is 23.1 Å². The number of carbonyl (C=O) groups excluding carboxylic acids is 1. The fourth-order valence-corrected chi connectivity index (χ4v) is 3.10. The highest BCUT2D eigenvalue weighted by Gasteiger charge is 2.14. The molecule has 1 heterocycles. The van der Waals surface area contributed by atoms with E-state index in [1.165, 1.54) is 0 Å². The SMILES string of the molecule is CCCC(Oc1ccc(-n2cnc(C)n2)cc1)c1ccc(C(=O)NCCC(=O)O)cc1. The van der Waals surface area contributed by atoms with Crippen LogP contribution in [0.2, 0.25) is 0 Å². The lowest BCUT2D eigenvalue weighted by Crippen LogP contribution is -2.26. The lowest BCUT2D eigenvalue weighted by molar-refractivity contribution is -0.136. The highest BCUT2D eigenvalue weighted by molar-refractivity contribution is 5.94. The van der Waals surface area contributed by atoms with Crippen LogP contribution in [0.3, 0.4) is 0 Å². The van der Waals surface area contributed by atoms with E-state index in [0.717, 1.165) is 29.8 Å². The number of carboxylic acids is 1. The molecule has 0 bridgehead atoms. The van der Waals surface area contributed by atoms with Crippen LogP contribution in [0.15, 0.2) is 54.9 Å². The van der Waals surface area contributed by atoms with Gasteiger partial charge in [-0.05, 0) is 55.3 Å². The number of nitrogens with one attached hydrogen (secondary N) is 1. The standard InChI is InChI=1S/C23H26N4O4/c1-3-4-21(17-5-7-18(8-6-17)23(30)24-14-13-22(28)29)31-20-11-9-19(10-12-20)27-15-25-16(2)26-27/h5-12,15,21H,3-4,13-14H2,1-2H3,(H,24,30)(H,28,29). The molecule has 31 heavy (non-hydrogen) atoms. The Kier molecular flexibility index (Phi) is 7.37. The number of carboxylic acid groups (broad SMARTS) is 1. The third kappa shape index (κ3) is 6.15. The van der Waals surface area contributed by atoms with Crippen molar-refractivity contribution in [3.8, 4) is 11.4 Å². The third-order valence-electron chi connectivity index (χ3n) is 4.71. The summed E-state index contributed by atoms with van der Waals surface area (Å²) in [4.78, 5) is 26.8. The van der Waals surface area contributed by atoms with Crippen molar-refractivity contribution in [2.45, 2.75) is 39.2 Å². The molecule has 8 heteroatoms. The van der Waals surface area contributed by atoms with Gasteiger partial charge in [-0.2, -0.15) is 5.10 Å². The van der Waals surface area contributed by atoms with Gasteiger partial charge in [-0.3, -0.25) is 9.59 Å². The normalized spacial score (nSPS) is 11.7. The third-order valence-corrected chi connectivity index (χ3v) is 4.71. The number of hydrogen-bond donors (Lipinski definition) is 2. The first kappa shape index (κ1) is 22.0. The molecule has 0 aliphatic rings. The molecule has 1 atom stereocenters. The zero-order chi connectivity index (χ0) is 22.2. The van der Waals surface area contributed by atoms with Gasteiger partial charge in [0.25, 0.3) is 5.91 Å². The average molecular weight is 422 g/mol. The van der Waals surface area contributed by atoms with Crippen LogP contribution < -0.4 is 10.1 Å². The van der Waals surface area contributed by atoms with Gasteiger partial charge in [0.2, 0.25) is 0 Å². The fourth-order valence-electron chi connectivity index (χ4n) is 3.10. The topological polar surface area (TPSA) is 106 Å². The molecule has 3 rings (SSSR count). The number of hydrogen-bond acceptors (Lipinski definition) is 5. The molecule has 0 aliphatic heterocycles. The smallest absolute Gasteiger partial charge is 0.305 e. The van der Waals surface area contributed by atoms with Gasteiger partial charge in [-0.15, -0.1) is 0 Å². The van der Waals surface area contributed by atoms with E-state index in [-0.39, 0.29) is 25.0 Å². The summed E-state index contributed by atoms with van der Waals surface area (Å²) in [5, 5.41) is 15.6. The highest BCUT2D eigenvalue weighted by atomic mass is 16.5. The van der Waals surface area contributed by atoms with Crippen molar-refractivity contribution < 1.29 is 19.4 Å². The molecule has 1 unspecified atom stereocenters. The quantitative estimate of drug-likeness (QED) is 0.516. The van der Waals surface area contributed by atoms with E-state index in [4.69, 9.17) is 9.84 Å². The number of carbonyl (C=O) groups is 2. The molecule has 2 aromatic carbocycles. The summed E-state index contributed by atoms with van der Waals surface area (Å²) in [6, 6.07) is 14.9. The number of nitrogens with zero attached hydrogens (tertiary/aromatic N) is 3. The van der Waals surface area contributed by atoms with Crippen LogP contribution in [0.25, 0.3) is 5.69 Å². The maximum absolute atomic E-state index is 12.1. The first-order valence-corrected chi connectivity index (χ1v) is 10.2. The minimum Gasteiger partial charge on any atom is -0.486 e. The Balaban J connectivity index is 1.66. The molecule has 0 fully saturated rings. The van der Waals surface area contributed by atoms with Crippen LogP contribution in [0.1, 0.15) is 54.0 Å². The van der Waals surface area contributed by atoms with Gasteiger partial charge in [0, 0.05) is 12.1 Å². The van der Waals surface area contributed by atoms with E-state index in [0.29, 0.717) is 11.4 Å². The number of aliphatic carboxylic acids is 1. The van der Waals surface area contributed by atoms with Gasteiger partial charge in [-0.1, -0.05) is 25.5 Å². The Bertz CT molecular complexity index is 1010. The van der Waals surface area contributed by atoms with Crippen molar-refractivity contribution in [2.24, 2.45) is 0 Å². The summed E-state index contributed by atoms with van der Waals surface area (Å²) in [6.45, 7) is 4.03. The van der Waals surface area contributed by atoms with Crippen LogP contribution in [0, 0.1) is 6.92 Å². The minimum absolute atomic E-state index is 0.0989. The van der Waals surface area contributed by atoms with Gasteiger partial charge in [0.1, 0.15) is 24.0 Å². The Morgan fingerprint density at radius 3 is 2.42 bits per heavy atom. The second kappa shape index (κ2) is 10.4. The predicted molar refractivity (Wildman–Crippen MR) is 115 cm³/mol. The number of rotatable bonds is 10. The second-order valence-electron chi connectivity index (χ2n) is 7.15. The van der Waals surface area contributed by atoms with Crippen molar-refractivity contribution >= 4 is 11.9 Å². The lowest BCUT2D eigenvalue weighted by atomic mass is 10.0. The molecule has 1 amide bonds. The van der Waals surface area contributed by atoms with Crippen molar-refractivity contribution in [1.82, 2.24) is 20.1 Å². The van der Waals surface area contributed by atoms with Gasteiger partial charge in [0.05, 0.1) is 12.1 Å². The molecule has 8 nitrogen and oxygen atoms in total. The van der Waals surface area contributed by atoms with Crippen LogP contribution in [0.4, 0.5) is 0 Å². The predicted octanol–water partition coefficient (Wildman–Crippen LogP) is 3.70. The molecule has 2 N–H and O–H groups in total. The minimum atomic E-state index is -0.945. The Hall–Kier alpha value is -3.68.